The minimum Gasteiger partial charge on any atom is -0.300 e. The summed E-state index contributed by atoms with van der Waals surface area (Å²) in [5, 5.41) is 2.79. The Hall–Kier alpha value is -0.760. The molecule has 1 unspecified atom stereocenters. The van der Waals surface area contributed by atoms with Crippen molar-refractivity contribution in [1.29, 1.82) is 0 Å². The average Bonchev–Trinajstić information content (AvgIpc) is 2.36. The second-order valence-corrected chi connectivity index (χ2v) is 5.50. The molecule has 0 aromatic heterocycles. The van der Waals surface area contributed by atoms with E-state index in [1.54, 1.807) is 0 Å². The van der Waals surface area contributed by atoms with Crippen LogP contribution in [0.2, 0.25) is 0 Å². The minimum atomic E-state index is -3.12. The molecule has 1 aliphatic rings. The summed E-state index contributed by atoms with van der Waals surface area (Å²) in [5.74, 6) is 0.219. The highest BCUT2D eigenvalue weighted by molar-refractivity contribution is 7.51. The van der Waals surface area contributed by atoms with Crippen LogP contribution >= 0.6 is 7.75 Å². The maximum atomic E-state index is 11.7. The van der Waals surface area contributed by atoms with E-state index in [1.165, 1.54) is 14.2 Å². The first-order chi connectivity index (χ1) is 7.61. The number of nitrogens with one attached hydrogen (secondary N) is 1. The monoisotopic (exact) mass is 242 g/mol. The highest BCUT2D eigenvalue weighted by atomic mass is 31.2. The predicted molar refractivity (Wildman–Crippen MR) is 63.8 cm³/mol. The van der Waals surface area contributed by atoms with Crippen molar-refractivity contribution in [3.05, 3.63) is 36.0 Å². The van der Waals surface area contributed by atoms with Crippen molar-refractivity contribution >= 4 is 7.75 Å². The maximum absolute atomic E-state index is 11.7. The van der Waals surface area contributed by atoms with Gasteiger partial charge in [0.25, 0.3) is 0 Å². The van der Waals surface area contributed by atoms with Crippen LogP contribution in [0.3, 0.4) is 0 Å². The normalized spacial score (nSPS) is 16.8. The summed E-state index contributed by atoms with van der Waals surface area (Å²) < 4.78 is 21.3. The summed E-state index contributed by atoms with van der Waals surface area (Å²) in [6.07, 6.45) is 10.7. The van der Waals surface area contributed by atoms with Gasteiger partial charge in [-0.1, -0.05) is 0 Å². The highest BCUT2D eigenvalue weighted by Crippen LogP contribution is 2.41. The zero-order chi connectivity index (χ0) is 12.0. The average molecular weight is 242 g/mol. The van der Waals surface area contributed by atoms with Crippen LogP contribution in [0.4, 0.5) is 0 Å². The summed E-state index contributed by atoms with van der Waals surface area (Å²) >= 11 is 0. The second kappa shape index (κ2) is 6.09. The predicted octanol–water partition coefficient (Wildman–Crippen LogP) is 2.47. The van der Waals surface area contributed by atoms with E-state index in [0.717, 1.165) is 5.57 Å². The first-order valence-electron chi connectivity index (χ1n) is 5.04. The van der Waals surface area contributed by atoms with Crippen LogP contribution in [0.5, 0.6) is 0 Å². The van der Waals surface area contributed by atoms with E-state index < -0.39 is 7.75 Å². The third-order valence-corrected chi connectivity index (χ3v) is 3.90. The Balaban J connectivity index is 2.50. The van der Waals surface area contributed by atoms with Gasteiger partial charge in [0.1, 0.15) is 12.2 Å². The Labute approximate surface area is 96.6 Å². The van der Waals surface area contributed by atoms with Crippen LogP contribution in [-0.4, -0.2) is 20.8 Å². The molecule has 0 bridgehead atoms. The molecular formula is C11H17NO3P+. The molecule has 1 atom stereocenters. The van der Waals surface area contributed by atoms with Gasteiger partial charge in [-0.3, -0.25) is 0 Å². The fourth-order valence-corrected chi connectivity index (χ4v) is 2.19. The molecule has 0 radical (unpaired) electrons. The molecule has 4 nitrogen and oxygen atoms in total. The molecule has 0 fully saturated rings. The van der Waals surface area contributed by atoms with Gasteiger partial charge in [0.2, 0.25) is 0 Å². The number of hydrogen-bond donors (Lipinski definition) is 1. The largest absolute Gasteiger partial charge is 0.405 e. The SMILES string of the molecule is COP(=O)(NCC(C)C1=CC=C[C+]=C1)OC. The molecule has 0 saturated carbocycles. The van der Waals surface area contributed by atoms with Crippen LogP contribution in [-0.2, 0) is 13.6 Å². The standard InChI is InChI=1S/C11H17NO3P/c1-10(11-7-5-4-6-8-11)9-12-16(13,14-2)15-3/h4-5,7-8,10H,9H2,1-3H3,(H,12,13)/q+1. The zero-order valence-electron chi connectivity index (χ0n) is 9.77. The fourth-order valence-electron chi connectivity index (χ4n) is 1.28. The second-order valence-electron chi connectivity index (χ2n) is 3.46. The topological polar surface area (TPSA) is 47.6 Å². The van der Waals surface area contributed by atoms with E-state index in [2.05, 4.69) is 11.2 Å². The van der Waals surface area contributed by atoms with Gasteiger partial charge in [-0.05, 0) is 6.92 Å². The maximum Gasteiger partial charge on any atom is 0.405 e. The summed E-state index contributed by atoms with van der Waals surface area (Å²) in [5.41, 5.74) is 1.13. The lowest BCUT2D eigenvalue weighted by Crippen LogP contribution is -2.21. The van der Waals surface area contributed by atoms with Gasteiger partial charge in [-0.2, -0.15) is 0 Å². The molecule has 0 spiro atoms. The molecule has 88 valence electrons. The Bertz CT molecular complexity index is 352. The molecule has 0 saturated heterocycles. The van der Waals surface area contributed by atoms with Gasteiger partial charge >= 0.3 is 7.75 Å². The molecule has 0 aromatic carbocycles. The Kier molecular flexibility index (Phi) is 5.07. The van der Waals surface area contributed by atoms with E-state index in [4.69, 9.17) is 9.05 Å². The van der Waals surface area contributed by atoms with E-state index in [-0.39, 0.29) is 5.92 Å². The van der Waals surface area contributed by atoms with Gasteiger partial charge in [-0.15, -0.1) is 0 Å². The summed E-state index contributed by atoms with van der Waals surface area (Å²) in [4.78, 5) is 0. The molecule has 5 heteroatoms. The van der Waals surface area contributed by atoms with Gasteiger partial charge in [0.15, 0.2) is 0 Å². The Morgan fingerprint density at radius 3 is 2.69 bits per heavy atom. The third-order valence-electron chi connectivity index (χ3n) is 2.37. The molecular weight excluding hydrogens is 225 g/mol. The van der Waals surface area contributed by atoms with Crippen molar-refractivity contribution in [3.63, 3.8) is 0 Å². The van der Waals surface area contributed by atoms with Crippen molar-refractivity contribution in [2.75, 3.05) is 20.8 Å². The summed E-state index contributed by atoms with van der Waals surface area (Å²) in [7, 11) is -0.397. The van der Waals surface area contributed by atoms with Gasteiger partial charge in [0.05, 0.1) is 11.6 Å². The molecule has 0 aromatic rings. The number of allylic oxidation sites excluding steroid dienone is 5. The highest BCUT2D eigenvalue weighted by Gasteiger charge is 2.23. The molecule has 1 N–H and O–H groups in total. The molecule has 1 rings (SSSR count). The smallest absolute Gasteiger partial charge is 0.300 e. The van der Waals surface area contributed by atoms with Crippen LogP contribution < -0.4 is 5.09 Å². The zero-order valence-corrected chi connectivity index (χ0v) is 10.7. The lowest BCUT2D eigenvalue weighted by atomic mass is 9.98. The summed E-state index contributed by atoms with van der Waals surface area (Å²) in [6, 6.07) is 0. The van der Waals surface area contributed by atoms with E-state index in [9.17, 15) is 4.57 Å². The van der Waals surface area contributed by atoms with Crippen molar-refractivity contribution in [2.45, 2.75) is 6.92 Å². The molecule has 0 heterocycles. The van der Waals surface area contributed by atoms with E-state index in [0.29, 0.717) is 6.54 Å². The van der Waals surface area contributed by atoms with Gasteiger partial charge in [-0.25, -0.2) is 9.65 Å². The summed E-state index contributed by atoms with van der Waals surface area (Å²) in [6.45, 7) is 2.56. The molecule has 0 aliphatic heterocycles. The minimum absolute atomic E-state index is 0.219. The van der Waals surface area contributed by atoms with Crippen LogP contribution in [0.15, 0.2) is 29.9 Å². The first kappa shape index (κ1) is 13.3. The number of hydrogen-bond acceptors (Lipinski definition) is 3. The Morgan fingerprint density at radius 1 is 1.50 bits per heavy atom. The lowest BCUT2D eigenvalue weighted by molar-refractivity contribution is 0.263. The van der Waals surface area contributed by atoms with Crippen LogP contribution in [0, 0.1) is 12.0 Å². The lowest BCUT2D eigenvalue weighted by Gasteiger charge is -2.16. The van der Waals surface area contributed by atoms with Crippen molar-refractivity contribution in [3.8, 4) is 0 Å². The molecule has 1 aliphatic carbocycles. The van der Waals surface area contributed by atoms with E-state index >= 15 is 0 Å². The Morgan fingerprint density at radius 2 is 2.19 bits per heavy atom. The van der Waals surface area contributed by atoms with Gasteiger partial charge < -0.3 is 9.05 Å². The van der Waals surface area contributed by atoms with Crippen molar-refractivity contribution in [1.82, 2.24) is 5.09 Å². The molecule has 0 amide bonds. The van der Waals surface area contributed by atoms with E-state index in [1.807, 2.05) is 31.2 Å². The van der Waals surface area contributed by atoms with Crippen molar-refractivity contribution in [2.24, 2.45) is 5.92 Å². The quantitative estimate of drug-likeness (QED) is 0.574. The molecule has 16 heavy (non-hydrogen) atoms. The van der Waals surface area contributed by atoms with Crippen LogP contribution in [0.25, 0.3) is 0 Å². The van der Waals surface area contributed by atoms with Gasteiger partial charge in [0, 0.05) is 38.8 Å². The van der Waals surface area contributed by atoms with Crippen molar-refractivity contribution < 1.29 is 13.6 Å². The first-order valence-corrected chi connectivity index (χ1v) is 6.58. The fraction of sp³-hybridized carbons (Fsp3) is 0.455. The van der Waals surface area contributed by atoms with Crippen LogP contribution in [0.1, 0.15) is 6.92 Å². The third kappa shape index (κ3) is 3.67. The number of rotatable bonds is 6.